The van der Waals surface area contributed by atoms with Crippen molar-refractivity contribution in [1.29, 1.82) is 0 Å². The molecule has 0 saturated carbocycles. The molecule has 24 heavy (non-hydrogen) atoms. The fourth-order valence-electron chi connectivity index (χ4n) is 2.11. The van der Waals surface area contributed by atoms with E-state index in [1.54, 1.807) is 32.2 Å². The van der Waals surface area contributed by atoms with Gasteiger partial charge in [-0.05, 0) is 37.3 Å². The summed E-state index contributed by atoms with van der Waals surface area (Å²) in [6, 6.07) is 11.6. The highest BCUT2D eigenvalue weighted by atomic mass is 16.6. The maximum Gasteiger partial charge on any atom is 0.273 e. The molecule has 0 fully saturated rings. The molecule has 0 radical (unpaired) electrons. The van der Waals surface area contributed by atoms with Crippen molar-refractivity contribution in [3.8, 4) is 17.6 Å². The Morgan fingerprint density at radius 2 is 1.96 bits per heavy atom. The number of carbonyl (C=O) groups excluding carboxylic acids is 1. The Morgan fingerprint density at radius 1 is 1.25 bits per heavy atom. The summed E-state index contributed by atoms with van der Waals surface area (Å²) in [5.41, 5.74) is 1.34. The van der Waals surface area contributed by atoms with Gasteiger partial charge in [0.15, 0.2) is 0 Å². The summed E-state index contributed by atoms with van der Waals surface area (Å²) < 4.78 is 5.06. The van der Waals surface area contributed by atoms with Crippen LogP contribution >= 0.6 is 0 Å². The predicted molar refractivity (Wildman–Crippen MR) is 90.0 cm³/mol. The van der Waals surface area contributed by atoms with Crippen LogP contribution in [0.25, 0.3) is 0 Å². The molecule has 0 aromatic heterocycles. The van der Waals surface area contributed by atoms with Crippen molar-refractivity contribution < 1.29 is 14.5 Å². The molecule has 0 unspecified atom stereocenters. The van der Waals surface area contributed by atoms with E-state index in [1.807, 2.05) is 12.1 Å². The first-order chi connectivity index (χ1) is 11.5. The number of nitro benzene ring substituents is 1. The molecule has 6 heteroatoms. The number of ether oxygens (including phenoxy) is 1. The molecule has 0 aliphatic heterocycles. The SMILES string of the molecule is COc1ccc(C#CCNC(=O)c2cccc([N+](=O)[O-])c2C)cc1. The lowest BCUT2D eigenvalue weighted by molar-refractivity contribution is -0.385. The Hall–Kier alpha value is -3.33. The topological polar surface area (TPSA) is 81.5 Å². The molecule has 1 N–H and O–H groups in total. The number of carbonyl (C=O) groups is 1. The van der Waals surface area contributed by atoms with Crippen LogP contribution in [0, 0.1) is 28.9 Å². The van der Waals surface area contributed by atoms with Crippen LogP contribution in [0.3, 0.4) is 0 Å². The van der Waals surface area contributed by atoms with Gasteiger partial charge in [0.25, 0.3) is 11.6 Å². The number of amides is 1. The van der Waals surface area contributed by atoms with Crippen LogP contribution in [0.5, 0.6) is 5.75 Å². The van der Waals surface area contributed by atoms with Crippen molar-refractivity contribution in [2.24, 2.45) is 0 Å². The van der Waals surface area contributed by atoms with Gasteiger partial charge in [-0.3, -0.25) is 14.9 Å². The van der Waals surface area contributed by atoms with E-state index in [4.69, 9.17) is 4.74 Å². The number of nitrogens with one attached hydrogen (secondary N) is 1. The minimum Gasteiger partial charge on any atom is -0.497 e. The van der Waals surface area contributed by atoms with Crippen LogP contribution in [-0.2, 0) is 0 Å². The van der Waals surface area contributed by atoms with Crippen molar-refractivity contribution in [1.82, 2.24) is 5.32 Å². The molecular weight excluding hydrogens is 308 g/mol. The molecule has 0 heterocycles. The summed E-state index contributed by atoms with van der Waals surface area (Å²) in [7, 11) is 1.59. The number of rotatable bonds is 4. The Morgan fingerprint density at radius 3 is 2.58 bits per heavy atom. The summed E-state index contributed by atoms with van der Waals surface area (Å²) >= 11 is 0. The summed E-state index contributed by atoms with van der Waals surface area (Å²) in [6.07, 6.45) is 0. The number of nitrogens with zero attached hydrogens (tertiary/aromatic N) is 1. The van der Waals surface area contributed by atoms with Gasteiger partial charge in [-0.25, -0.2) is 0 Å². The molecule has 0 aliphatic carbocycles. The van der Waals surface area contributed by atoms with Crippen LogP contribution in [0.4, 0.5) is 5.69 Å². The summed E-state index contributed by atoms with van der Waals surface area (Å²) in [4.78, 5) is 22.5. The standard InChI is InChI=1S/C18H16N2O4/c1-13-16(6-3-7-17(13)20(22)23)18(21)19-12-4-5-14-8-10-15(24-2)11-9-14/h3,6-11H,12H2,1-2H3,(H,19,21). The second-order valence-electron chi connectivity index (χ2n) is 4.92. The Bertz CT molecular complexity index is 817. The zero-order valence-electron chi connectivity index (χ0n) is 13.3. The Labute approximate surface area is 139 Å². The van der Waals surface area contributed by atoms with Crippen molar-refractivity contribution in [2.75, 3.05) is 13.7 Å². The maximum absolute atomic E-state index is 12.1. The third-order valence-corrected chi connectivity index (χ3v) is 3.41. The average molecular weight is 324 g/mol. The molecule has 0 spiro atoms. The molecule has 2 aromatic rings. The monoisotopic (exact) mass is 324 g/mol. The summed E-state index contributed by atoms with van der Waals surface area (Å²) in [5, 5.41) is 13.5. The van der Waals surface area contributed by atoms with E-state index in [9.17, 15) is 14.9 Å². The molecule has 0 atom stereocenters. The van der Waals surface area contributed by atoms with E-state index in [-0.39, 0.29) is 23.7 Å². The van der Waals surface area contributed by atoms with Crippen LogP contribution in [0.2, 0.25) is 0 Å². The quantitative estimate of drug-likeness (QED) is 0.532. The van der Waals surface area contributed by atoms with Crippen LogP contribution in [0.15, 0.2) is 42.5 Å². The van der Waals surface area contributed by atoms with E-state index in [1.165, 1.54) is 12.1 Å². The molecule has 122 valence electrons. The fourth-order valence-corrected chi connectivity index (χ4v) is 2.11. The number of benzene rings is 2. The highest BCUT2D eigenvalue weighted by Gasteiger charge is 2.17. The Kier molecular flexibility index (Phi) is 5.53. The van der Waals surface area contributed by atoms with Gasteiger partial charge in [-0.1, -0.05) is 17.9 Å². The highest BCUT2D eigenvalue weighted by Crippen LogP contribution is 2.20. The zero-order valence-corrected chi connectivity index (χ0v) is 13.3. The highest BCUT2D eigenvalue weighted by molar-refractivity contribution is 5.96. The predicted octanol–water partition coefficient (Wildman–Crippen LogP) is 2.69. The first-order valence-corrected chi connectivity index (χ1v) is 7.18. The largest absolute Gasteiger partial charge is 0.497 e. The zero-order chi connectivity index (χ0) is 17.5. The van der Waals surface area contributed by atoms with Crippen molar-refractivity contribution in [3.63, 3.8) is 0 Å². The van der Waals surface area contributed by atoms with Crippen molar-refractivity contribution in [3.05, 3.63) is 69.3 Å². The number of hydrogen-bond acceptors (Lipinski definition) is 4. The van der Waals surface area contributed by atoms with E-state index in [2.05, 4.69) is 17.2 Å². The van der Waals surface area contributed by atoms with Crippen LogP contribution in [0.1, 0.15) is 21.5 Å². The molecule has 0 aliphatic rings. The minimum atomic E-state index is -0.504. The summed E-state index contributed by atoms with van der Waals surface area (Å²) in [5.74, 6) is 6.12. The first kappa shape index (κ1) is 17.0. The van der Waals surface area contributed by atoms with E-state index in [0.717, 1.165) is 11.3 Å². The third-order valence-electron chi connectivity index (χ3n) is 3.41. The molecule has 0 saturated heterocycles. The fraction of sp³-hybridized carbons (Fsp3) is 0.167. The van der Waals surface area contributed by atoms with Gasteiger partial charge in [0, 0.05) is 22.8 Å². The van der Waals surface area contributed by atoms with Crippen molar-refractivity contribution in [2.45, 2.75) is 6.92 Å². The molecular formula is C18H16N2O4. The van der Waals surface area contributed by atoms with Gasteiger partial charge < -0.3 is 10.1 Å². The van der Waals surface area contributed by atoms with Gasteiger partial charge >= 0.3 is 0 Å². The Balaban J connectivity index is 2.00. The summed E-state index contributed by atoms with van der Waals surface area (Å²) in [6.45, 7) is 1.70. The number of hydrogen-bond donors (Lipinski definition) is 1. The lowest BCUT2D eigenvalue weighted by atomic mass is 10.1. The molecule has 1 amide bonds. The molecule has 6 nitrogen and oxygen atoms in total. The van der Waals surface area contributed by atoms with E-state index in [0.29, 0.717) is 5.56 Å². The van der Waals surface area contributed by atoms with Gasteiger partial charge in [0.1, 0.15) is 5.75 Å². The second kappa shape index (κ2) is 7.79. The van der Waals surface area contributed by atoms with E-state index >= 15 is 0 Å². The van der Waals surface area contributed by atoms with E-state index < -0.39 is 4.92 Å². The van der Waals surface area contributed by atoms with Crippen LogP contribution < -0.4 is 10.1 Å². The maximum atomic E-state index is 12.1. The average Bonchev–Trinajstić information content (AvgIpc) is 2.59. The second-order valence-corrected chi connectivity index (χ2v) is 4.92. The van der Waals surface area contributed by atoms with Gasteiger partial charge in [-0.2, -0.15) is 0 Å². The smallest absolute Gasteiger partial charge is 0.273 e. The number of nitro groups is 1. The molecule has 2 rings (SSSR count). The van der Waals surface area contributed by atoms with Crippen LogP contribution in [-0.4, -0.2) is 24.5 Å². The van der Waals surface area contributed by atoms with Gasteiger partial charge in [0.05, 0.1) is 18.6 Å². The van der Waals surface area contributed by atoms with Gasteiger partial charge in [0.2, 0.25) is 0 Å². The molecule has 0 bridgehead atoms. The lowest BCUT2D eigenvalue weighted by Crippen LogP contribution is -2.24. The lowest BCUT2D eigenvalue weighted by Gasteiger charge is -2.05. The minimum absolute atomic E-state index is 0.0769. The van der Waals surface area contributed by atoms with Crippen molar-refractivity contribution >= 4 is 11.6 Å². The van der Waals surface area contributed by atoms with Gasteiger partial charge in [-0.15, -0.1) is 0 Å². The molecule has 2 aromatic carbocycles. The first-order valence-electron chi connectivity index (χ1n) is 7.18. The third kappa shape index (κ3) is 4.11. The number of methoxy groups -OCH3 is 1. The normalized spacial score (nSPS) is 9.58.